The van der Waals surface area contributed by atoms with E-state index in [0.29, 0.717) is 0 Å². The van der Waals surface area contributed by atoms with E-state index in [2.05, 4.69) is 4.74 Å². The van der Waals surface area contributed by atoms with Crippen LogP contribution in [0.4, 0.5) is 4.39 Å². The Bertz CT molecular complexity index is 217. The number of allylic oxidation sites excluding steroid dienone is 1. The highest BCUT2D eigenvalue weighted by atomic mass is 19.1. The second kappa shape index (κ2) is 5.78. The number of ether oxygens (including phenoxy) is 1. The van der Waals surface area contributed by atoms with Crippen LogP contribution < -0.4 is 0 Å². The lowest BCUT2D eigenvalue weighted by Gasteiger charge is -2.17. The SMILES string of the molecule is CCOC(=O)/C(F)=C\C1CCCCC1. The molecule has 80 valence electrons. The van der Waals surface area contributed by atoms with Gasteiger partial charge in [-0.3, -0.25) is 0 Å². The van der Waals surface area contributed by atoms with Gasteiger partial charge in [0.25, 0.3) is 0 Å². The molecular weight excluding hydrogens is 183 g/mol. The monoisotopic (exact) mass is 200 g/mol. The molecule has 0 N–H and O–H groups in total. The van der Waals surface area contributed by atoms with Gasteiger partial charge in [0.1, 0.15) is 0 Å². The number of carbonyl (C=O) groups excluding carboxylic acids is 1. The molecule has 1 aliphatic carbocycles. The van der Waals surface area contributed by atoms with Crippen molar-refractivity contribution in [2.45, 2.75) is 39.0 Å². The fourth-order valence-corrected chi connectivity index (χ4v) is 1.78. The summed E-state index contributed by atoms with van der Waals surface area (Å²) in [5.74, 6) is -1.31. The second-order valence-corrected chi connectivity index (χ2v) is 3.63. The van der Waals surface area contributed by atoms with Gasteiger partial charge in [0.15, 0.2) is 0 Å². The van der Waals surface area contributed by atoms with E-state index >= 15 is 0 Å². The van der Waals surface area contributed by atoms with Crippen molar-refractivity contribution in [2.24, 2.45) is 5.92 Å². The molecule has 0 aromatic carbocycles. The van der Waals surface area contributed by atoms with E-state index in [1.165, 1.54) is 12.5 Å². The maximum atomic E-state index is 13.2. The van der Waals surface area contributed by atoms with E-state index in [1.807, 2.05) is 0 Å². The molecular formula is C11H17FO2. The van der Waals surface area contributed by atoms with Gasteiger partial charge >= 0.3 is 5.97 Å². The van der Waals surface area contributed by atoms with Crippen molar-refractivity contribution in [3.8, 4) is 0 Å². The Morgan fingerprint density at radius 2 is 2.07 bits per heavy atom. The molecule has 0 bridgehead atoms. The van der Waals surface area contributed by atoms with Crippen molar-refractivity contribution in [1.82, 2.24) is 0 Å². The molecule has 14 heavy (non-hydrogen) atoms. The molecule has 0 radical (unpaired) electrons. The molecule has 1 aliphatic rings. The minimum atomic E-state index is -0.821. The number of rotatable bonds is 3. The largest absolute Gasteiger partial charge is 0.461 e. The zero-order valence-electron chi connectivity index (χ0n) is 8.59. The first-order chi connectivity index (χ1) is 6.74. The van der Waals surface area contributed by atoms with Crippen LogP contribution in [0.1, 0.15) is 39.0 Å². The fraction of sp³-hybridized carbons (Fsp3) is 0.727. The zero-order chi connectivity index (χ0) is 10.4. The smallest absolute Gasteiger partial charge is 0.366 e. The van der Waals surface area contributed by atoms with Crippen LogP contribution >= 0.6 is 0 Å². The summed E-state index contributed by atoms with van der Waals surface area (Å²) in [4.78, 5) is 11.0. The quantitative estimate of drug-likeness (QED) is 0.517. The van der Waals surface area contributed by atoms with Crippen LogP contribution in [-0.2, 0) is 9.53 Å². The van der Waals surface area contributed by atoms with Gasteiger partial charge in [-0.05, 0) is 31.8 Å². The molecule has 0 atom stereocenters. The highest BCUT2D eigenvalue weighted by Crippen LogP contribution is 2.25. The molecule has 0 heterocycles. The average molecular weight is 200 g/mol. The molecule has 2 nitrogen and oxygen atoms in total. The number of hydrogen-bond acceptors (Lipinski definition) is 2. The Morgan fingerprint density at radius 1 is 1.43 bits per heavy atom. The summed E-state index contributed by atoms with van der Waals surface area (Å²) in [7, 11) is 0. The lowest BCUT2D eigenvalue weighted by molar-refractivity contribution is -0.140. The van der Waals surface area contributed by atoms with Gasteiger partial charge in [-0.15, -0.1) is 0 Å². The van der Waals surface area contributed by atoms with Crippen LogP contribution in [-0.4, -0.2) is 12.6 Å². The first kappa shape index (κ1) is 11.2. The van der Waals surface area contributed by atoms with Crippen molar-refractivity contribution in [3.63, 3.8) is 0 Å². The van der Waals surface area contributed by atoms with Gasteiger partial charge in [-0.25, -0.2) is 4.79 Å². The predicted molar refractivity (Wildman–Crippen MR) is 52.4 cm³/mol. The first-order valence-electron chi connectivity index (χ1n) is 5.28. The maximum Gasteiger partial charge on any atom is 0.366 e. The van der Waals surface area contributed by atoms with E-state index in [0.717, 1.165) is 25.7 Å². The fourth-order valence-electron chi connectivity index (χ4n) is 1.78. The van der Waals surface area contributed by atoms with E-state index in [4.69, 9.17) is 0 Å². The van der Waals surface area contributed by atoms with E-state index in [-0.39, 0.29) is 12.5 Å². The van der Waals surface area contributed by atoms with Gasteiger partial charge in [-0.1, -0.05) is 19.3 Å². The lowest BCUT2D eigenvalue weighted by atomic mass is 9.89. The molecule has 0 aliphatic heterocycles. The molecule has 0 saturated heterocycles. The highest BCUT2D eigenvalue weighted by molar-refractivity contribution is 5.85. The number of hydrogen-bond donors (Lipinski definition) is 0. The van der Waals surface area contributed by atoms with E-state index in [1.54, 1.807) is 6.92 Å². The average Bonchev–Trinajstić information content (AvgIpc) is 2.19. The van der Waals surface area contributed by atoms with Gasteiger partial charge in [0, 0.05) is 0 Å². The molecule has 0 unspecified atom stereocenters. The van der Waals surface area contributed by atoms with Crippen LogP contribution in [0.3, 0.4) is 0 Å². The van der Waals surface area contributed by atoms with Crippen molar-refractivity contribution in [3.05, 3.63) is 11.9 Å². The van der Waals surface area contributed by atoms with Gasteiger partial charge in [0.2, 0.25) is 5.83 Å². The van der Waals surface area contributed by atoms with E-state index in [9.17, 15) is 9.18 Å². The molecule has 0 aromatic rings. The van der Waals surface area contributed by atoms with Gasteiger partial charge < -0.3 is 4.74 Å². The molecule has 0 amide bonds. The number of esters is 1. The van der Waals surface area contributed by atoms with Crippen LogP contribution in [0, 0.1) is 5.92 Å². The number of halogens is 1. The Kier molecular flexibility index (Phi) is 4.63. The van der Waals surface area contributed by atoms with Crippen LogP contribution in [0.2, 0.25) is 0 Å². The maximum absolute atomic E-state index is 13.2. The first-order valence-corrected chi connectivity index (χ1v) is 5.28. The third kappa shape index (κ3) is 3.48. The molecule has 0 aromatic heterocycles. The summed E-state index contributed by atoms with van der Waals surface area (Å²) < 4.78 is 17.7. The third-order valence-corrected chi connectivity index (χ3v) is 2.50. The third-order valence-electron chi connectivity index (χ3n) is 2.50. The molecule has 1 rings (SSSR count). The van der Waals surface area contributed by atoms with Crippen molar-refractivity contribution < 1.29 is 13.9 Å². The molecule has 1 saturated carbocycles. The second-order valence-electron chi connectivity index (χ2n) is 3.63. The Hall–Kier alpha value is -0.860. The normalized spacial score (nSPS) is 19.4. The van der Waals surface area contributed by atoms with Crippen molar-refractivity contribution in [1.29, 1.82) is 0 Å². The Labute approximate surface area is 84.1 Å². The molecule has 1 fully saturated rings. The minimum absolute atomic E-state index is 0.227. The van der Waals surface area contributed by atoms with Crippen LogP contribution in [0.5, 0.6) is 0 Å². The standard InChI is InChI=1S/C11H17FO2/c1-2-14-11(13)10(12)8-9-6-4-3-5-7-9/h8-9H,2-7H2,1H3/b10-8+. The topological polar surface area (TPSA) is 26.3 Å². The minimum Gasteiger partial charge on any atom is -0.461 e. The van der Waals surface area contributed by atoms with Gasteiger partial charge in [-0.2, -0.15) is 4.39 Å². The Balaban J connectivity index is 2.44. The van der Waals surface area contributed by atoms with Crippen molar-refractivity contribution >= 4 is 5.97 Å². The Morgan fingerprint density at radius 3 is 2.64 bits per heavy atom. The van der Waals surface area contributed by atoms with Crippen LogP contribution in [0.15, 0.2) is 11.9 Å². The summed E-state index contributed by atoms with van der Waals surface area (Å²) in [6.07, 6.45) is 6.91. The lowest BCUT2D eigenvalue weighted by Crippen LogP contribution is -2.08. The molecule has 3 heteroatoms. The molecule has 0 spiro atoms. The number of carbonyl (C=O) groups is 1. The summed E-state index contributed by atoms with van der Waals surface area (Å²) in [6, 6.07) is 0. The van der Waals surface area contributed by atoms with Crippen molar-refractivity contribution in [2.75, 3.05) is 6.61 Å². The summed E-state index contributed by atoms with van der Waals surface area (Å²) in [6.45, 7) is 1.90. The van der Waals surface area contributed by atoms with E-state index < -0.39 is 11.8 Å². The highest BCUT2D eigenvalue weighted by Gasteiger charge is 2.16. The summed E-state index contributed by atoms with van der Waals surface area (Å²) in [5, 5.41) is 0. The summed E-state index contributed by atoms with van der Waals surface area (Å²) >= 11 is 0. The van der Waals surface area contributed by atoms with Crippen LogP contribution in [0.25, 0.3) is 0 Å². The van der Waals surface area contributed by atoms with Gasteiger partial charge in [0.05, 0.1) is 6.61 Å². The zero-order valence-corrected chi connectivity index (χ0v) is 8.59. The summed E-state index contributed by atoms with van der Waals surface area (Å²) in [5.41, 5.74) is 0. The predicted octanol–water partition coefficient (Wildman–Crippen LogP) is 2.98.